The predicted molar refractivity (Wildman–Crippen MR) is 85.1 cm³/mol. The van der Waals surface area contributed by atoms with E-state index in [1.54, 1.807) is 0 Å². The molecule has 104 valence electrons. The summed E-state index contributed by atoms with van der Waals surface area (Å²) in [6.07, 6.45) is 2.44. The average molecular weight is 332 g/mol. The number of hydrogen-bond donors (Lipinski definition) is 1. The van der Waals surface area contributed by atoms with Gasteiger partial charge in [-0.25, -0.2) is 9.97 Å². The van der Waals surface area contributed by atoms with E-state index in [4.69, 9.17) is 0 Å². The molecule has 1 aliphatic carbocycles. The summed E-state index contributed by atoms with van der Waals surface area (Å²) in [6, 6.07) is 12.5. The second kappa shape index (κ2) is 5.92. The molecule has 1 aliphatic rings. The van der Waals surface area contributed by atoms with E-state index in [0.29, 0.717) is 11.8 Å². The van der Waals surface area contributed by atoms with Gasteiger partial charge in [-0.3, -0.25) is 0 Å². The summed E-state index contributed by atoms with van der Waals surface area (Å²) >= 11 is 3.47. The summed E-state index contributed by atoms with van der Waals surface area (Å²) in [5.74, 6) is 2.90. The lowest BCUT2D eigenvalue weighted by molar-refractivity contribution is 0.796. The maximum atomic E-state index is 4.61. The number of nitrogens with zero attached hydrogens (tertiary/aromatic N) is 2. The Labute approximate surface area is 128 Å². The SMILES string of the molecule is CC(CNc1cc(Br)nc(C2CC2)n1)c1ccccc1. The van der Waals surface area contributed by atoms with Crippen molar-refractivity contribution in [3.05, 3.63) is 52.4 Å². The first kappa shape index (κ1) is 13.6. The Balaban J connectivity index is 1.66. The van der Waals surface area contributed by atoms with Crippen molar-refractivity contribution in [3.63, 3.8) is 0 Å². The van der Waals surface area contributed by atoms with Crippen LogP contribution in [0.4, 0.5) is 5.82 Å². The highest BCUT2D eigenvalue weighted by Crippen LogP contribution is 2.38. The third-order valence-corrected chi connectivity index (χ3v) is 4.02. The lowest BCUT2D eigenvalue weighted by Gasteiger charge is -2.14. The van der Waals surface area contributed by atoms with E-state index in [0.717, 1.165) is 22.8 Å². The van der Waals surface area contributed by atoms with Gasteiger partial charge in [-0.1, -0.05) is 37.3 Å². The molecule has 1 aromatic carbocycles. The van der Waals surface area contributed by atoms with Crippen molar-refractivity contribution in [2.24, 2.45) is 0 Å². The van der Waals surface area contributed by atoms with Crippen molar-refractivity contribution in [2.45, 2.75) is 31.6 Å². The quantitative estimate of drug-likeness (QED) is 0.828. The number of benzene rings is 1. The van der Waals surface area contributed by atoms with Crippen LogP contribution in [-0.4, -0.2) is 16.5 Å². The molecule has 0 bridgehead atoms. The van der Waals surface area contributed by atoms with E-state index in [9.17, 15) is 0 Å². The van der Waals surface area contributed by atoms with Crippen molar-refractivity contribution in [2.75, 3.05) is 11.9 Å². The number of nitrogens with one attached hydrogen (secondary N) is 1. The van der Waals surface area contributed by atoms with Crippen LogP contribution in [0.3, 0.4) is 0 Å². The van der Waals surface area contributed by atoms with Gasteiger partial charge in [0, 0.05) is 18.5 Å². The average Bonchev–Trinajstić information content (AvgIpc) is 3.30. The van der Waals surface area contributed by atoms with Gasteiger partial charge in [0.2, 0.25) is 0 Å². The standard InChI is InChI=1S/C16H18BrN3/c1-11(12-5-3-2-4-6-12)10-18-15-9-14(17)19-16(20-15)13-7-8-13/h2-6,9,11,13H,7-8,10H2,1H3,(H,18,19,20). The first-order valence-corrected chi connectivity index (χ1v) is 7.85. The molecule has 0 aliphatic heterocycles. The normalized spacial score (nSPS) is 15.9. The Morgan fingerprint density at radius 3 is 2.70 bits per heavy atom. The first-order valence-electron chi connectivity index (χ1n) is 7.05. The summed E-state index contributed by atoms with van der Waals surface area (Å²) in [5, 5.41) is 3.43. The molecule has 1 heterocycles. The van der Waals surface area contributed by atoms with Crippen LogP contribution in [0.5, 0.6) is 0 Å². The van der Waals surface area contributed by atoms with Gasteiger partial charge in [0.1, 0.15) is 16.2 Å². The first-order chi connectivity index (χ1) is 9.72. The Bertz CT molecular complexity index is 582. The minimum Gasteiger partial charge on any atom is -0.369 e. The van der Waals surface area contributed by atoms with Crippen molar-refractivity contribution in [1.82, 2.24) is 9.97 Å². The molecule has 0 amide bonds. The van der Waals surface area contributed by atoms with Crippen molar-refractivity contribution < 1.29 is 0 Å². The topological polar surface area (TPSA) is 37.8 Å². The van der Waals surface area contributed by atoms with Crippen LogP contribution in [0.25, 0.3) is 0 Å². The zero-order valence-corrected chi connectivity index (χ0v) is 13.1. The van der Waals surface area contributed by atoms with Crippen LogP contribution in [-0.2, 0) is 0 Å². The van der Waals surface area contributed by atoms with E-state index in [-0.39, 0.29) is 0 Å². The van der Waals surface area contributed by atoms with Crippen LogP contribution >= 0.6 is 15.9 Å². The van der Waals surface area contributed by atoms with Crippen molar-refractivity contribution >= 4 is 21.7 Å². The van der Waals surface area contributed by atoms with Gasteiger partial charge in [0.25, 0.3) is 0 Å². The molecule has 1 N–H and O–H groups in total. The van der Waals surface area contributed by atoms with Crippen molar-refractivity contribution in [1.29, 1.82) is 0 Å². The minimum absolute atomic E-state index is 0.453. The predicted octanol–water partition coefficient (Wildman–Crippen LogP) is 4.33. The third-order valence-electron chi connectivity index (χ3n) is 3.61. The third kappa shape index (κ3) is 3.37. The maximum Gasteiger partial charge on any atom is 0.135 e. The highest BCUT2D eigenvalue weighted by atomic mass is 79.9. The van der Waals surface area contributed by atoms with Gasteiger partial charge in [-0.05, 0) is 40.3 Å². The molecule has 1 aromatic heterocycles. The molecular formula is C16H18BrN3. The lowest BCUT2D eigenvalue weighted by Crippen LogP contribution is -2.11. The second-order valence-electron chi connectivity index (χ2n) is 5.40. The summed E-state index contributed by atoms with van der Waals surface area (Å²) in [4.78, 5) is 9.06. The molecule has 2 aromatic rings. The minimum atomic E-state index is 0.453. The highest BCUT2D eigenvalue weighted by Gasteiger charge is 2.27. The lowest BCUT2D eigenvalue weighted by atomic mass is 10.0. The number of anilines is 1. The van der Waals surface area contributed by atoms with Gasteiger partial charge in [0.15, 0.2) is 0 Å². The Morgan fingerprint density at radius 2 is 2.00 bits per heavy atom. The van der Waals surface area contributed by atoms with Crippen molar-refractivity contribution in [3.8, 4) is 0 Å². The summed E-state index contributed by atoms with van der Waals surface area (Å²) in [5.41, 5.74) is 1.34. The zero-order chi connectivity index (χ0) is 13.9. The van der Waals surface area contributed by atoms with Gasteiger partial charge in [0.05, 0.1) is 0 Å². The Kier molecular flexibility index (Phi) is 4.01. The molecule has 3 nitrogen and oxygen atoms in total. The fourth-order valence-corrected chi connectivity index (χ4v) is 2.61. The Morgan fingerprint density at radius 1 is 1.25 bits per heavy atom. The number of rotatable bonds is 5. The van der Waals surface area contributed by atoms with Crippen LogP contribution in [0.2, 0.25) is 0 Å². The summed E-state index contributed by atoms with van der Waals surface area (Å²) < 4.78 is 0.865. The fraction of sp³-hybridized carbons (Fsp3) is 0.375. The molecule has 0 saturated heterocycles. The molecule has 1 unspecified atom stereocenters. The van der Waals surface area contributed by atoms with Crippen LogP contribution in [0.15, 0.2) is 41.0 Å². The van der Waals surface area contributed by atoms with E-state index in [2.05, 4.69) is 62.4 Å². The summed E-state index contributed by atoms with van der Waals surface area (Å²) in [6.45, 7) is 3.10. The summed E-state index contributed by atoms with van der Waals surface area (Å²) in [7, 11) is 0. The number of hydrogen-bond acceptors (Lipinski definition) is 3. The van der Waals surface area contributed by atoms with Gasteiger partial charge in [-0.2, -0.15) is 0 Å². The monoisotopic (exact) mass is 331 g/mol. The highest BCUT2D eigenvalue weighted by molar-refractivity contribution is 9.10. The molecule has 0 spiro atoms. The Hall–Kier alpha value is -1.42. The molecule has 1 fully saturated rings. The van der Waals surface area contributed by atoms with Crippen LogP contribution < -0.4 is 5.32 Å². The van der Waals surface area contributed by atoms with Gasteiger partial charge >= 0.3 is 0 Å². The fourth-order valence-electron chi connectivity index (χ4n) is 2.21. The molecule has 3 rings (SSSR count). The van der Waals surface area contributed by atoms with E-state index < -0.39 is 0 Å². The second-order valence-corrected chi connectivity index (χ2v) is 6.21. The molecule has 1 atom stereocenters. The van der Waals surface area contributed by atoms with Gasteiger partial charge in [-0.15, -0.1) is 0 Å². The van der Waals surface area contributed by atoms with E-state index >= 15 is 0 Å². The maximum absolute atomic E-state index is 4.61. The zero-order valence-electron chi connectivity index (χ0n) is 11.5. The molecule has 0 radical (unpaired) electrons. The van der Waals surface area contributed by atoms with Crippen LogP contribution in [0.1, 0.15) is 43.0 Å². The van der Waals surface area contributed by atoms with E-state index in [1.165, 1.54) is 18.4 Å². The molecular weight excluding hydrogens is 314 g/mol. The van der Waals surface area contributed by atoms with Gasteiger partial charge < -0.3 is 5.32 Å². The van der Waals surface area contributed by atoms with Crippen LogP contribution in [0, 0.1) is 0 Å². The molecule has 4 heteroatoms. The largest absolute Gasteiger partial charge is 0.369 e. The molecule has 20 heavy (non-hydrogen) atoms. The molecule has 1 saturated carbocycles. The smallest absolute Gasteiger partial charge is 0.135 e. The number of halogens is 1. The van der Waals surface area contributed by atoms with E-state index in [1.807, 2.05) is 12.1 Å². The number of aromatic nitrogens is 2.